The van der Waals surface area contributed by atoms with Gasteiger partial charge in [0.2, 0.25) is 0 Å². The number of rotatable bonds is 5. The highest BCUT2D eigenvalue weighted by Crippen LogP contribution is 2.32. The molecule has 0 saturated carbocycles. The Morgan fingerprint density at radius 2 is 1.40 bits per heavy atom. The Kier molecular flexibility index (Phi) is 5.85. The van der Waals surface area contributed by atoms with Crippen LogP contribution >= 0.6 is 0 Å². The first kappa shape index (κ1) is 18.6. The van der Waals surface area contributed by atoms with Crippen LogP contribution in [0.4, 0.5) is 0 Å². The molecule has 0 spiro atoms. The van der Waals surface area contributed by atoms with E-state index in [0.29, 0.717) is 28.1 Å². The molecule has 2 aromatic heterocycles. The lowest BCUT2D eigenvalue weighted by atomic mass is 9.93. The summed E-state index contributed by atoms with van der Waals surface area (Å²) in [5.41, 5.74) is 2.87. The molecule has 0 aromatic carbocycles. The van der Waals surface area contributed by atoms with Crippen LogP contribution in [0.15, 0.2) is 24.5 Å². The Bertz CT molecular complexity index is 756. The van der Waals surface area contributed by atoms with Crippen molar-refractivity contribution in [3.63, 3.8) is 0 Å². The number of pyridine rings is 2. The summed E-state index contributed by atoms with van der Waals surface area (Å²) in [5.74, 6) is -0.998. The third kappa shape index (κ3) is 3.84. The Morgan fingerprint density at radius 3 is 1.80 bits per heavy atom. The number of carbonyl (C=O) groups is 2. The molecule has 0 aliphatic heterocycles. The third-order valence-electron chi connectivity index (χ3n) is 3.79. The molecule has 6 nitrogen and oxygen atoms in total. The summed E-state index contributed by atoms with van der Waals surface area (Å²) >= 11 is 0. The number of nitrogens with zero attached hydrogens (tertiary/aromatic N) is 2. The van der Waals surface area contributed by atoms with Crippen LogP contribution in [-0.2, 0) is 16.5 Å². The monoisotopic (exact) mass is 343 g/mol. The number of carbonyl (C=O) groups excluding carboxylic acids is 2. The second-order valence-electron chi connectivity index (χ2n) is 5.60. The van der Waals surface area contributed by atoms with E-state index in [-0.39, 0.29) is 13.2 Å². The molecule has 0 saturated heterocycles. The van der Waals surface area contributed by atoms with Crippen molar-refractivity contribution >= 4 is 11.9 Å². The van der Waals surface area contributed by atoms with Crippen molar-refractivity contribution in [2.45, 2.75) is 27.7 Å². The van der Waals surface area contributed by atoms with Crippen molar-refractivity contribution in [1.82, 2.24) is 4.98 Å². The fourth-order valence-electron chi connectivity index (χ4n) is 2.71. The minimum absolute atomic E-state index is 0.240. The van der Waals surface area contributed by atoms with Crippen LogP contribution in [0.3, 0.4) is 0 Å². The molecule has 2 rings (SSSR count). The van der Waals surface area contributed by atoms with Gasteiger partial charge >= 0.3 is 11.9 Å². The van der Waals surface area contributed by atoms with Crippen LogP contribution in [0.2, 0.25) is 0 Å². The molecule has 2 heterocycles. The van der Waals surface area contributed by atoms with Crippen LogP contribution in [0.5, 0.6) is 0 Å². The van der Waals surface area contributed by atoms with E-state index in [1.807, 2.05) is 36.1 Å². The van der Waals surface area contributed by atoms with Crippen molar-refractivity contribution in [2.24, 2.45) is 7.05 Å². The molecule has 25 heavy (non-hydrogen) atoms. The molecule has 0 radical (unpaired) electrons. The number of esters is 2. The Morgan fingerprint density at radius 1 is 0.960 bits per heavy atom. The summed E-state index contributed by atoms with van der Waals surface area (Å²) < 4.78 is 12.3. The molecular formula is C19H23N2O4+. The Labute approximate surface area is 147 Å². The first-order valence-electron chi connectivity index (χ1n) is 8.21. The van der Waals surface area contributed by atoms with Gasteiger partial charge in [0.15, 0.2) is 12.4 Å². The Hall–Kier alpha value is -2.76. The van der Waals surface area contributed by atoms with Crippen molar-refractivity contribution in [3.05, 3.63) is 47.0 Å². The molecule has 0 aliphatic rings. The van der Waals surface area contributed by atoms with Crippen LogP contribution in [0, 0.1) is 13.8 Å². The molecule has 0 bridgehead atoms. The minimum atomic E-state index is -0.499. The second kappa shape index (κ2) is 7.88. The summed E-state index contributed by atoms with van der Waals surface area (Å²) in [6.07, 6.45) is 3.70. The molecule has 6 heteroatoms. The zero-order valence-electron chi connectivity index (χ0n) is 15.3. The topological polar surface area (TPSA) is 69.4 Å². The van der Waals surface area contributed by atoms with Gasteiger partial charge in [0.1, 0.15) is 7.05 Å². The summed E-state index contributed by atoms with van der Waals surface area (Å²) in [4.78, 5) is 29.5. The predicted molar refractivity (Wildman–Crippen MR) is 92.2 cm³/mol. The summed E-state index contributed by atoms with van der Waals surface area (Å²) in [7, 11) is 1.89. The van der Waals surface area contributed by atoms with E-state index in [4.69, 9.17) is 9.47 Å². The van der Waals surface area contributed by atoms with E-state index >= 15 is 0 Å². The van der Waals surface area contributed by atoms with Crippen LogP contribution in [-0.4, -0.2) is 30.1 Å². The van der Waals surface area contributed by atoms with E-state index in [1.165, 1.54) is 0 Å². The number of hydrogen-bond acceptors (Lipinski definition) is 5. The van der Waals surface area contributed by atoms with Gasteiger partial charge in [-0.05, 0) is 33.3 Å². The number of aromatic nitrogens is 2. The van der Waals surface area contributed by atoms with Gasteiger partial charge in [-0.25, -0.2) is 14.2 Å². The zero-order valence-corrected chi connectivity index (χ0v) is 15.3. The molecule has 0 N–H and O–H groups in total. The number of hydrogen-bond donors (Lipinski definition) is 0. The highest BCUT2D eigenvalue weighted by atomic mass is 16.5. The average Bonchev–Trinajstić information content (AvgIpc) is 2.55. The maximum atomic E-state index is 12.6. The lowest BCUT2D eigenvalue weighted by Gasteiger charge is -2.17. The van der Waals surface area contributed by atoms with Crippen LogP contribution in [0.1, 0.15) is 46.0 Å². The van der Waals surface area contributed by atoms with Gasteiger partial charge in [-0.1, -0.05) is 0 Å². The fraction of sp³-hybridized carbons (Fsp3) is 0.368. The molecule has 0 unspecified atom stereocenters. The molecule has 0 fully saturated rings. The molecule has 2 aromatic rings. The van der Waals surface area contributed by atoms with E-state index in [1.54, 1.807) is 27.7 Å². The molecular weight excluding hydrogens is 320 g/mol. The summed E-state index contributed by atoms with van der Waals surface area (Å²) in [5, 5.41) is 0. The lowest BCUT2D eigenvalue weighted by Crippen LogP contribution is -2.26. The van der Waals surface area contributed by atoms with Crippen molar-refractivity contribution in [2.75, 3.05) is 13.2 Å². The normalized spacial score (nSPS) is 10.4. The van der Waals surface area contributed by atoms with Crippen LogP contribution in [0.25, 0.3) is 11.1 Å². The second-order valence-corrected chi connectivity index (χ2v) is 5.60. The van der Waals surface area contributed by atoms with Gasteiger partial charge in [-0.2, -0.15) is 0 Å². The van der Waals surface area contributed by atoms with E-state index in [0.717, 1.165) is 5.56 Å². The molecule has 0 atom stereocenters. The third-order valence-corrected chi connectivity index (χ3v) is 3.79. The van der Waals surface area contributed by atoms with E-state index < -0.39 is 11.9 Å². The quantitative estimate of drug-likeness (QED) is 0.616. The van der Waals surface area contributed by atoms with E-state index in [2.05, 4.69) is 4.98 Å². The largest absolute Gasteiger partial charge is 0.462 e. The van der Waals surface area contributed by atoms with Crippen molar-refractivity contribution < 1.29 is 23.6 Å². The van der Waals surface area contributed by atoms with Gasteiger partial charge in [-0.3, -0.25) is 4.98 Å². The number of aryl methyl sites for hydroxylation is 3. The SMILES string of the molecule is CCOC(=O)c1c(C)nc(C)c(C(=O)OCC)c1-c1cc[n+](C)cc1. The smallest absolute Gasteiger partial charge is 0.340 e. The van der Waals surface area contributed by atoms with Gasteiger partial charge < -0.3 is 9.47 Å². The van der Waals surface area contributed by atoms with Gasteiger partial charge in [0, 0.05) is 17.7 Å². The maximum absolute atomic E-state index is 12.6. The van der Waals surface area contributed by atoms with Gasteiger partial charge in [0.25, 0.3) is 0 Å². The summed E-state index contributed by atoms with van der Waals surface area (Å²) in [6, 6.07) is 3.69. The van der Waals surface area contributed by atoms with Crippen molar-refractivity contribution in [1.29, 1.82) is 0 Å². The average molecular weight is 343 g/mol. The zero-order chi connectivity index (χ0) is 18.6. The fourth-order valence-corrected chi connectivity index (χ4v) is 2.71. The highest BCUT2D eigenvalue weighted by Gasteiger charge is 2.28. The molecule has 132 valence electrons. The first-order valence-corrected chi connectivity index (χ1v) is 8.21. The van der Waals surface area contributed by atoms with Gasteiger partial charge in [0.05, 0.1) is 35.7 Å². The van der Waals surface area contributed by atoms with Crippen molar-refractivity contribution in [3.8, 4) is 11.1 Å². The predicted octanol–water partition coefficient (Wildman–Crippen LogP) is 2.54. The molecule has 0 aliphatic carbocycles. The van der Waals surface area contributed by atoms with E-state index in [9.17, 15) is 9.59 Å². The lowest BCUT2D eigenvalue weighted by molar-refractivity contribution is -0.671. The highest BCUT2D eigenvalue weighted by molar-refractivity contribution is 6.07. The number of ether oxygens (including phenoxy) is 2. The summed E-state index contributed by atoms with van der Waals surface area (Å²) in [6.45, 7) is 7.43. The molecule has 0 amide bonds. The maximum Gasteiger partial charge on any atom is 0.340 e. The first-order chi connectivity index (χ1) is 11.9. The van der Waals surface area contributed by atoms with Crippen LogP contribution < -0.4 is 4.57 Å². The minimum Gasteiger partial charge on any atom is -0.462 e. The standard InChI is InChI=1S/C19H23N2O4/c1-6-24-18(22)15-12(3)20-13(4)16(19(23)25-7-2)17(15)14-8-10-21(5)11-9-14/h8-11H,6-7H2,1-5H3/q+1. The Balaban J connectivity index is 2.82. The van der Waals surface area contributed by atoms with Gasteiger partial charge in [-0.15, -0.1) is 0 Å².